The molecule has 2 amide bonds. The summed E-state index contributed by atoms with van der Waals surface area (Å²) in [6.45, 7) is 6.00. The number of benzene rings is 3. The normalized spacial score (nSPS) is 11.1. The molecule has 6 heteroatoms. The molecule has 3 aromatic carbocycles. The van der Waals surface area contributed by atoms with Crippen LogP contribution in [-0.2, 0) is 11.2 Å². The third-order valence-corrected chi connectivity index (χ3v) is 6.07. The fourth-order valence-electron chi connectivity index (χ4n) is 4.04. The molecule has 0 aliphatic rings. The Morgan fingerprint density at radius 2 is 1.62 bits per heavy atom. The highest BCUT2D eigenvalue weighted by Gasteiger charge is 2.23. The van der Waals surface area contributed by atoms with Crippen LogP contribution in [0.1, 0.15) is 32.8 Å². The number of para-hydroxylation sites is 1. The van der Waals surface area contributed by atoms with Crippen molar-refractivity contribution >= 4 is 45.1 Å². The van der Waals surface area contributed by atoms with Crippen molar-refractivity contribution in [2.75, 3.05) is 10.6 Å². The maximum Gasteiger partial charge on any atom is 0.293 e. The van der Waals surface area contributed by atoms with Crippen molar-refractivity contribution in [2.45, 2.75) is 27.2 Å². The van der Waals surface area contributed by atoms with Crippen LogP contribution in [0.4, 0.5) is 11.4 Å². The smallest absolute Gasteiger partial charge is 0.293 e. The highest BCUT2D eigenvalue weighted by molar-refractivity contribution is 6.14. The van der Waals surface area contributed by atoms with Gasteiger partial charge < -0.3 is 19.5 Å². The van der Waals surface area contributed by atoms with E-state index in [0.29, 0.717) is 22.3 Å². The lowest BCUT2D eigenvalue weighted by Crippen LogP contribution is -2.18. The minimum absolute atomic E-state index is 0.0543. The Morgan fingerprint density at radius 3 is 2.41 bits per heavy atom. The summed E-state index contributed by atoms with van der Waals surface area (Å²) < 4.78 is 11.6. The van der Waals surface area contributed by atoms with E-state index >= 15 is 0 Å². The molecule has 0 unspecified atom stereocenters. The molecule has 0 radical (unpaired) electrons. The molecule has 0 aliphatic heterocycles. The number of hydrogen-bond donors (Lipinski definition) is 2. The molecule has 0 saturated heterocycles. The second-order valence-electron chi connectivity index (χ2n) is 8.49. The van der Waals surface area contributed by atoms with Gasteiger partial charge in [-0.2, -0.15) is 0 Å². The summed E-state index contributed by atoms with van der Waals surface area (Å²) in [4.78, 5) is 26.1. The minimum Gasteiger partial charge on any atom is -0.464 e. The predicted octanol–water partition coefficient (Wildman–Crippen LogP) is 6.54. The molecule has 0 fully saturated rings. The molecule has 34 heavy (non-hydrogen) atoms. The lowest BCUT2D eigenvalue weighted by Gasteiger charge is -2.08. The molecule has 0 aliphatic carbocycles. The topological polar surface area (TPSA) is 84.5 Å². The molecule has 0 atom stereocenters. The molecule has 2 aromatic heterocycles. The van der Waals surface area contributed by atoms with E-state index in [1.54, 1.807) is 12.3 Å². The molecule has 5 rings (SSSR count). The van der Waals surface area contributed by atoms with Crippen LogP contribution in [0.15, 0.2) is 75.8 Å². The van der Waals surface area contributed by atoms with Gasteiger partial charge in [0.25, 0.3) is 5.91 Å². The molecular weight excluding hydrogens is 428 g/mol. The summed E-state index contributed by atoms with van der Waals surface area (Å²) in [6.07, 6.45) is 1.73. The number of rotatable bonds is 5. The highest BCUT2D eigenvalue weighted by Crippen LogP contribution is 2.32. The number of fused-ring (bicyclic) bond motifs is 2. The SMILES string of the molecule is Cc1ccc(NC(=O)c2oc3ccccc3c2NC(=O)Cc2coc3c(C)c(C)ccc23)cc1. The Bertz CT molecular complexity index is 1540. The van der Waals surface area contributed by atoms with Gasteiger partial charge in [-0.3, -0.25) is 9.59 Å². The number of nitrogens with one attached hydrogen (secondary N) is 2. The molecule has 0 spiro atoms. The third kappa shape index (κ3) is 3.94. The molecule has 0 bridgehead atoms. The Kier molecular flexibility index (Phi) is 5.42. The largest absolute Gasteiger partial charge is 0.464 e. The van der Waals surface area contributed by atoms with Crippen LogP contribution in [0.25, 0.3) is 21.9 Å². The number of carbonyl (C=O) groups is 2. The number of aryl methyl sites for hydroxylation is 3. The van der Waals surface area contributed by atoms with E-state index < -0.39 is 5.91 Å². The van der Waals surface area contributed by atoms with Crippen molar-refractivity contribution in [2.24, 2.45) is 0 Å². The maximum atomic E-state index is 13.1. The van der Waals surface area contributed by atoms with Crippen molar-refractivity contribution < 1.29 is 18.4 Å². The van der Waals surface area contributed by atoms with Crippen molar-refractivity contribution in [1.29, 1.82) is 0 Å². The van der Waals surface area contributed by atoms with Crippen molar-refractivity contribution in [3.63, 3.8) is 0 Å². The third-order valence-electron chi connectivity index (χ3n) is 6.07. The van der Waals surface area contributed by atoms with Crippen molar-refractivity contribution in [1.82, 2.24) is 0 Å². The van der Waals surface area contributed by atoms with E-state index in [9.17, 15) is 9.59 Å². The zero-order chi connectivity index (χ0) is 23.8. The van der Waals surface area contributed by atoms with Crippen LogP contribution in [0.5, 0.6) is 0 Å². The molecular formula is C28H24N2O4. The number of furan rings is 2. The van der Waals surface area contributed by atoms with Crippen LogP contribution in [0, 0.1) is 20.8 Å². The molecule has 0 saturated carbocycles. The molecule has 170 valence electrons. The Balaban J connectivity index is 1.44. The maximum absolute atomic E-state index is 13.1. The first-order valence-corrected chi connectivity index (χ1v) is 11.1. The van der Waals surface area contributed by atoms with Crippen LogP contribution >= 0.6 is 0 Å². The predicted molar refractivity (Wildman–Crippen MR) is 133 cm³/mol. The van der Waals surface area contributed by atoms with Crippen LogP contribution in [-0.4, -0.2) is 11.8 Å². The first-order valence-electron chi connectivity index (χ1n) is 11.1. The van der Waals surface area contributed by atoms with Gasteiger partial charge >= 0.3 is 0 Å². The van der Waals surface area contributed by atoms with Gasteiger partial charge in [-0.15, -0.1) is 0 Å². The Hall–Kier alpha value is -4.32. The summed E-state index contributed by atoms with van der Waals surface area (Å²) in [7, 11) is 0. The second-order valence-corrected chi connectivity index (χ2v) is 8.49. The van der Waals surface area contributed by atoms with Gasteiger partial charge in [-0.25, -0.2) is 0 Å². The van der Waals surface area contributed by atoms with Gasteiger partial charge in [0.1, 0.15) is 16.9 Å². The van der Waals surface area contributed by atoms with Crippen molar-refractivity contribution in [3.8, 4) is 0 Å². The Labute approximate surface area is 196 Å². The zero-order valence-corrected chi connectivity index (χ0v) is 19.2. The summed E-state index contributed by atoms with van der Waals surface area (Å²) in [6, 6.07) is 18.7. The monoisotopic (exact) mass is 452 g/mol. The number of hydrogen-bond acceptors (Lipinski definition) is 4. The van der Waals surface area contributed by atoms with Crippen LogP contribution < -0.4 is 10.6 Å². The molecule has 5 aromatic rings. The fourth-order valence-corrected chi connectivity index (χ4v) is 4.04. The number of amides is 2. The van der Waals surface area contributed by atoms with E-state index in [1.165, 1.54) is 0 Å². The number of carbonyl (C=O) groups excluding carboxylic acids is 2. The van der Waals surface area contributed by atoms with Gasteiger partial charge in [0, 0.05) is 22.0 Å². The van der Waals surface area contributed by atoms with Gasteiger partial charge in [0.05, 0.1) is 12.7 Å². The summed E-state index contributed by atoms with van der Waals surface area (Å²) >= 11 is 0. The van der Waals surface area contributed by atoms with Crippen LogP contribution in [0.3, 0.4) is 0 Å². The second kappa shape index (κ2) is 8.56. The average molecular weight is 453 g/mol. The van der Waals surface area contributed by atoms with E-state index in [4.69, 9.17) is 8.83 Å². The van der Waals surface area contributed by atoms with Crippen molar-refractivity contribution in [3.05, 3.63) is 94.9 Å². The van der Waals surface area contributed by atoms with Gasteiger partial charge in [-0.1, -0.05) is 42.0 Å². The van der Waals surface area contributed by atoms with E-state index in [-0.39, 0.29) is 18.1 Å². The highest BCUT2D eigenvalue weighted by atomic mass is 16.3. The van der Waals surface area contributed by atoms with E-state index in [1.807, 2.05) is 75.4 Å². The zero-order valence-electron chi connectivity index (χ0n) is 19.2. The van der Waals surface area contributed by atoms with E-state index in [2.05, 4.69) is 10.6 Å². The first-order chi connectivity index (χ1) is 16.4. The lowest BCUT2D eigenvalue weighted by molar-refractivity contribution is -0.115. The minimum atomic E-state index is -0.435. The first kappa shape index (κ1) is 21.5. The quantitative estimate of drug-likeness (QED) is 0.317. The summed E-state index contributed by atoms with van der Waals surface area (Å²) in [5.74, 6) is -0.647. The summed E-state index contributed by atoms with van der Waals surface area (Å²) in [5, 5.41) is 7.32. The average Bonchev–Trinajstić information content (AvgIpc) is 3.40. The molecule has 2 heterocycles. The molecule has 6 nitrogen and oxygen atoms in total. The molecule has 2 N–H and O–H groups in total. The van der Waals surface area contributed by atoms with Gasteiger partial charge in [0.15, 0.2) is 0 Å². The number of anilines is 2. The van der Waals surface area contributed by atoms with Gasteiger partial charge in [0.2, 0.25) is 11.7 Å². The fraction of sp³-hybridized carbons (Fsp3) is 0.143. The lowest BCUT2D eigenvalue weighted by atomic mass is 10.0. The summed E-state index contributed by atoms with van der Waals surface area (Å²) in [5.41, 5.74) is 6.36. The van der Waals surface area contributed by atoms with Gasteiger partial charge in [-0.05, 0) is 56.2 Å². The van der Waals surface area contributed by atoms with Crippen LogP contribution in [0.2, 0.25) is 0 Å². The standard InChI is InChI=1S/C28H24N2O4/c1-16-8-11-20(12-9-16)29-28(32)27-25(22-6-4-5-7-23(22)34-27)30-24(31)14-19-15-33-26-18(3)17(2)10-13-21(19)26/h4-13,15H,14H2,1-3H3,(H,29,32)(H,30,31). The van der Waals surface area contributed by atoms with E-state index in [0.717, 1.165) is 33.2 Å². The Morgan fingerprint density at radius 1 is 0.853 bits per heavy atom.